The first-order valence-corrected chi connectivity index (χ1v) is 7.81. The molecule has 0 saturated heterocycles. The Hall–Kier alpha value is 0.160. The van der Waals surface area contributed by atoms with Gasteiger partial charge in [0, 0.05) is 12.4 Å². The van der Waals surface area contributed by atoms with Crippen molar-refractivity contribution in [1.29, 1.82) is 0 Å². The van der Waals surface area contributed by atoms with E-state index >= 15 is 0 Å². The summed E-state index contributed by atoms with van der Waals surface area (Å²) in [5, 5.41) is 10.2. The lowest BCUT2D eigenvalue weighted by molar-refractivity contribution is -0.00181. The van der Waals surface area contributed by atoms with E-state index in [1.165, 1.54) is 0 Å². The largest absolute Gasteiger partial charge is 0.389 e. The highest BCUT2D eigenvalue weighted by molar-refractivity contribution is 7.89. The van der Waals surface area contributed by atoms with Gasteiger partial charge in [0.15, 0.2) is 0 Å². The lowest BCUT2D eigenvalue weighted by Crippen LogP contribution is -2.45. The molecule has 1 aliphatic carbocycles. The molecule has 0 heterocycles. The zero-order valence-electron chi connectivity index (χ0n) is 9.58. The number of nitrogens with one attached hydrogen (secondary N) is 1. The molecule has 1 rings (SSSR count). The molecule has 2 N–H and O–H groups in total. The molecule has 1 aliphatic rings. The smallest absolute Gasteiger partial charge is 0.212 e. The maximum atomic E-state index is 11.4. The van der Waals surface area contributed by atoms with E-state index in [-0.39, 0.29) is 18.2 Å². The van der Waals surface area contributed by atoms with Crippen LogP contribution < -0.4 is 4.72 Å². The summed E-state index contributed by atoms with van der Waals surface area (Å²) < 4.78 is 25.2. The van der Waals surface area contributed by atoms with E-state index in [9.17, 15) is 13.5 Å². The van der Waals surface area contributed by atoms with Crippen LogP contribution in [-0.2, 0) is 10.0 Å². The molecule has 0 amide bonds. The van der Waals surface area contributed by atoms with Crippen molar-refractivity contribution in [3.63, 3.8) is 0 Å². The molecule has 0 aromatic carbocycles. The first-order valence-electron chi connectivity index (χ1n) is 5.63. The van der Waals surface area contributed by atoms with E-state index in [1.807, 2.05) is 0 Å². The molecule has 0 aliphatic heterocycles. The van der Waals surface area contributed by atoms with Crippen LogP contribution in [0, 0.1) is 5.92 Å². The minimum absolute atomic E-state index is 0.0742. The molecule has 0 bridgehead atoms. The topological polar surface area (TPSA) is 66.4 Å². The summed E-state index contributed by atoms with van der Waals surface area (Å²) >= 11 is 5.38. The molecule has 0 aromatic heterocycles. The van der Waals surface area contributed by atoms with Crippen molar-refractivity contribution in [2.45, 2.75) is 38.2 Å². The van der Waals surface area contributed by atoms with Crippen molar-refractivity contribution < 1.29 is 13.5 Å². The Kier molecular flexibility index (Phi) is 5.04. The van der Waals surface area contributed by atoms with Crippen LogP contribution in [0.1, 0.15) is 32.6 Å². The minimum Gasteiger partial charge on any atom is -0.389 e. The highest BCUT2D eigenvalue weighted by Gasteiger charge is 2.32. The zero-order chi connectivity index (χ0) is 12.2. The molecule has 1 saturated carbocycles. The fraction of sp³-hybridized carbons (Fsp3) is 1.00. The maximum absolute atomic E-state index is 11.4. The van der Waals surface area contributed by atoms with Crippen molar-refractivity contribution in [2.24, 2.45) is 5.92 Å². The van der Waals surface area contributed by atoms with Gasteiger partial charge in [0.2, 0.25) is 10.0 Å². The van der Waals surface area contributed by atoms with Gasteiger partial charge in [-0.05, 0) is 31.6 Å². The second-order valence-corrected chi connectivity index (χ2v) is 7.04. The first kappa shape index (κ1) is 14.2. The summed E-state index contributed by atoms with van der Waals surface area (Å²) in [6.45, 7) is 2.26. The summed E-state index contributed by atoms with van der Waals surface area (Å²) in [7, 11) is -3.32. The number of aliphatic hydroxyl groups is 1. The Bertz CT molecular complexity index is 310. The van der Waals surface area contributed by atoms with Crippen LogP contribution in [0.3, 0.4) is 0 Å². The van der Waals surface area contributed by atoms with Gasteiger partial charge in [-0.3, -0.25) is 0 Å². The second kappa shape index (κ2) is 5.67. The predicted octanol–water partition coefficient (Wildman–Crippen LogP) is 1.09. The van der Waals surface area contributed by atoms with Crippen LogP contribution >= 0.6 is 11.6 Å². The third kappa shape index (κ3) is 4.57. The fourth-order valence-corrected chi connectivity index (χ4v) is 3.34. The molecule has 0 unspecified atom stereocenters. The molecule has 1 fully saturated rings. The number of halogens is 1. The minimum atomic E-state index is -3.32. The van der Waals surface area contributed by atoms with Gasteiger partial charge in [-0.1, -0.05) is 6.92 Å². The Morgan fingerprint density at radius 3 is 2.50 bits per heavy atom. The summed E-state index contributed by atoms with van der Waals surface area (Å²) in [6.07, 6.45) is 3.23. The standard InChI is InChI=1S/C10H20ClNO3S/c1-9-2-4-10(13,5-3-9)8-12-16(14,15)7-6-11/h9,12-13H,2-8H2,1H3. The average molecular weight is 270 g/mol. The normalized spacial score (nSPS) is 31.6. The monoisotopic (exact) mass is 269 g/mol. The van der Waals surface area contributed by atoms with Gasteiger partial charge in [-0.25, -0.2) is 13.1 Å². The van der Waals surface area contributed by atoms with Crippen LogP contribution in [0.25, 0.3) is 0 Å². The predicted molar refractivity (Wildman–Crippen MR) is 65.1 cm³/mol. The van der Waals surface area contributed by atoms with E-state index in [4.69, 9.17) is 11.6 Å². The van der Waals surface area contributed by atoms with Gasteiger partial charge in [0.05, 0.1) is 11.4 Å². The molecule has 0 aromatic rings. The van der Waals surface area contributed by atoms with Gasteiger partial charge in [-0.2, -0.15) is 0 Å². The van der Waals surface area contributed by atoms with Crippen LogP contribution in [0.5, 0.6) is 0 Å². The number of alkyl halides is 1. The molecule has 96 valence electrons. The van der Waals surface area contributed by atoms with Crippen LogP contribution in [-0.4, -0.2) is 37.3 Å². The van der Waals surface area contributed by atoms with Gasteiger partial charge >= 0.3 is 0 Å². The highest BCUT2D eigenvalue weighted by atomic mass is 35.5. The van der Waals surface area contributed by atoms with E-state index in [0.717, 1.165) is 12.8 Å². The third-order valence-corrected chi connectivity index (χ3v) is 4.91. The van der Waals surface area contributed by atoms with Gasteiger partial charge in [0.25, 0.3) is 0 Å². The van der Waals surface area contributed by atoms with Crippen LogP contribution in [0.4, 0.5) is 0 Å². The maximum Gasteiger partial charge on any atom is 0.212 e. The van der Waals surface area contributed by atoms with Crippen molar-refractivity contribution in [3.05, 3.63) is 0 Å². The molecular formula is C10H20ClNO3S. The van der Waals surface area contributed by atoms with E-state index in [2.05, 4.69) is 11.6 Å². The molecule has 0 spiro atoms. The Morgan fingerprint density at radius 2 is 2.00 bits per heavy atom. The van der Waals surface area contributed by atoms with Gasteiger partial charge in [0.1, 0.15) is 0 Å². The molecule has 4 nitrogen and oxygen atoms in total. The highest BCUT2D eigenvalue weighted by Crippen LogP contribution is 2.31. The number of sulfonamides is 1. The summed E-state index contributed by atoms with van der Waals surface area (Å²) in [5.41, 5.74) is -0.869. The lowest BCUT2D eigenvalue weighted by Gasteiger charge is -2.34. The van der Waals surface area contributed by atoms with Crippen LogP contribution in [0.15, 0.2) is 0 Å². The molecule has 0 radical (unpaired) electrons. The van der Waals surface area contributed by atoms with Crippen molar-refractivity contribution in [3.8, 4) is 0 Å². The zero-order valence-corrected chi connectivity index (χ0v) is 11.1. The van der Waals surface area contributed by atoms with Gasteiger partial charge < -0.3 is 5.11 Å². The number of rotatable bonds is 5. The van der Waals surface area contributed by atoms with E-state index in [1.54, 1.807) is 0 Å². The molecule has 0 atom stereocenters. The Balaban J connectivity index is 2.42. The molecule has 6 heteroatoms. The number of hydrogen-bond acceptors (Lipinski definition) is 3. The summed E-state index contributed by atoms with van der Waals surface area (Å²) in [4.78, 5) is 0. The van der Waals surface area contributed by atoms with Crippen molar-refractivity contribution >= 4 is 21.6 Å². The molecular weight excluding hydrogens is 250 g/mol. The Morgan fingerprint density at radius 1 is 1.44 bits per heavy atom. The quantitative estimate of drug-likeness (QED) is 0.734. The van der Waals surface area contributed by atoms with Crippen LogP contribution in [0.2, 0.25) is 0 Å². The van der Waals surface area contributed by atoms with Crippen molar-refractivity contribution in [2.75, 3.05) is 18.2 Å². The molecule has 16 heavy (non-hydrogen) atoms. The Labute approximate surface area is 102 Å². The average Bonchev–Trinajstić information content (AvgIpc) is 2.21. The second-order valence-electron chi connectivity index (χ2n) is 4.74. The van der Waals surface area contributed by atoms with Crippen molar-refractivity contribution in [1.82, 2.24) is 4.72 Å². The number of hydrogen-bond donors (Lipinski definition) is 2. The summed E-state index contributed by atoms with van der Waals surface area (Å²) in [6, 6.07) is 0. The SMILES string of the molecule is CC1CCC(O)(CNS(=O)(=O)CCCl)CC1. The van der Waals surface area contributed by atoms with Gasteiger partial charge in [-0.15, -0.1) is 11.6 Å². The van der Waals surface area contributed by atoms with E-state index in [0.29, 0.717) is 18.8 Å². The summed E-state index contributed by atoms with van der Waals surface area (Å²) in [5.74, 6) is 0.603. The third-order valence-electron chi connectivity index (χ3n) is 3.17. The first-order chi connectivity index (χ1) is 7.37. The fourth-order valence-electron chi connectivity index (χ4n) is 1.89. The van der Waals surface area contributed by atoms with E-state index < -0.39 is 15.6 Å². The lowest BCUT2D eigenvalue weighted by atomic mass is 9.80.